The molecule has 0 aliphatic carbocycles. The van der Waals surface area contributed by atoms with Gasteiger partial charge < -0.3 is 5.32 Å². The maximum atomic E-state index is 12.9. The molecule has 0 saturated carbocycles. The molecule has 2 aromatic carbocycles. The first-order valence-corrected chi connectivity index (χ1v) is 10.3. The van der Waals surface area contributed by atoms with Crippen LogP contribution in [0.4, 0.5) is 0 Å². The predicted octanol–water partition coefficient (Wildman–Crippen LogP) is 3.08. The first-order chi connectivity index (χ1) is 13.1. The zero-order valence-corrected chi connectivity index (χ0v) is 15.7. The van der Waals surface area contributed by atoms with Crippen LogP contribution in [-0.2, 0) is 36.2 Å². The predicted molar refractivity (Wildman–Crippen MR) is 104 cm³/mol. The van der Waals surface area contributed by atoms with Crippen molar-refractivity contribution >= 4 is 10.0 Å². The van der Waals surface area contributed by atoms with E-state index in [9.17, 15) is 8.42 Å². The SMILES string of the molecule is O=S(=O)(c1ccc(CNCc2ccncc2)cc1)N1Cc2ccccc2C1. The van der Waals surface area contributed by atoms with Crippen molar-refractivity contribution in [2.24, 2.45) is 0 Å². The molecule has 0 bridgehead atoms. The molecule has 6 heteroatoms. The van der Waals surface area contributed by atoms with E-state index < -0.39 is 10.0 Å². The summed E-state index contributed by atoms with van der Waals surface area (Å²) in [5, 5.41) is 3.36. The quantitative estimate of drug-likeness (QED) is 0.715. The minimum absolute atomic E-state index is 0.341. The van der Waals surface area contributed by atoms with Crippen LogP contribution in [0.2, 0.25) is 0 Å². The lowest BCUT2D eigenvalue weighted by atomic mass is 10.1. The third-order valence-corrected chi connectivity index (χ3v) is 6.59. The molecule has 2 heterocycles. The molecular formula is C21H21N3O2S. The molecule has 0 radical (unpaired) electrons. The Morgan fingerprint density at radius 1 is 0.815 bits per heavy atom. The van der Waals surface area contributed by atoms with E-state index in [1.165, 1.54) is 4.31 Å². The lowest BCUT2D eigenvalue weighted by Crippen LogP contribution is -2.25. The van der Waals surface area contributed by atoms with Gasteiger partial charge >= 0.3 is 0 Å². The minimum Gasteiger partial charge on any atom is -0.309 e. The van der Waals surface area contributed by atoms with Gasteiger partial charge in [0.1, 0.15) is 0 Å². The van der Waals surface area contributed by atoms with Gasteiger partial charge in [-0.2, -0.15) is 4.31 Å². The molecule has 1 aliphatic heterocycles. The summed E-state index contributed by atoms with van der Waals surface area (Å²) >= 11 is 0. The van der Waals surface area contributed by atoms with Crippen LogP contribution in [0.15, 0.2) is 78.0 Å². The molecule has 0 spiro atoms. The van der Waals surface area contributed by atoms with Crippen LogP contribution in [0, 0.1) is 0 Å². The van der Waals surface area contributed by atoms with E-state index in [2.05, 4.69) is 10.3 Å². The highest BCUT2D eigenvalue weighted by Gasteiger charge is 2.30. The summed E-state index contributed by atoms with van der Waals surface area (Å²) in [7, 11) is -3.48. The zero-order chi connectivity index (χ0) is 18.7. The van der Waals surface area contributed by atoms with Crippen molar-refractivity contribution in [3.8, 4) is 0 Å². The molecule has 0 unspecified atom stereocenters. The Morgan fingerprint density at radius 2 is 1.37 bits per heavy atom. The van der Waals surface area contributed by atoms with Crippen LogP contribution < -0.4 is 5.32 Å². The molecule has 138 valence electrons. The summed E-state index contributed by atoms with van der Waals surface area (Å²) < 4.78 is 27.4. The molecule has 4 rings (SSSR count). The van der Waals surface area contributed by atoms with Crippen LogP contribution in [0.5, 0.6) is 0 Å². The van der Waals surface area contributed by atoms with Crippen molar-refractivity contribution in [1.29, 1.82) is 0 Å². The summed E-state index contributed by atoms with van der Waals surface area (Å²) in [6.07, 6.45) is 3.54. The van der Waals surface area contributed by atoms with Gasteiger partial charge in [-0.15, -0.1) is 0 Å². The van der Waals surface area contributed by atoms with E-state index in [0.29, 0.717) is 24.5 Å². The third-order valence-electron chi connectivity index (χ3n) is 4.78. The molecule has 1 aromatic heterocycles. The molecule has 3 aromatic rings. The fourth-order valence-electron chi connectivity index (χ4n) is 3.25. The lowest BCUT2D eigenvalue weighted by molar-refractivity contribution is 0.431. The van der Waals surface area contributed by atoms with Gasteiger partial charge in [0.25, 0.3) is 0 Å². The standard InChI is InChI=1S/C21H21N3O2S/c25-27(26,24-15-19-3-1-2-4-20(19)16-24)21-7-5-17(6-8-21)13-23-14-18-9-11-22-12-10-18/h1-12,23H,13-16H2. The van der Waals surface area contributed by atoms with Gasteiger partial charge in [0.15, 0.2) is 0 Å². The first kappa shape index (κ1) is 17.9. The van der Waals surface area contributed by atoms with Crippen molar-refractivity contribution in [1.82, 2.24) is 14.6 Å². The van der Waals surface area contributed by atoms with Crippen molar-refractivity contribution in [3.05, 3.63) is 95.3 Å². The van der Waals surface area contributed by atoms with Gasteiger partial charge in [0, 0.05) is 38.6 Å². The summed E-state index contributed by atoms with van der Waals surface area (Å²) in [5.41, 5.74) is 4.38. The number of rotatable bonds is 6. The molecule has 1 aliphatic rings. The van der Waals surface area contributed by atoms with Gasteiger partial charge in [-0.25, -0.2) is 8.42 Å². The lowest BCUT2D eigenvalue weighted by Gasteiger charge is -2.16. The number of hydrogen-bond donors (Lipinski definition) is 1. The van der Waals surface area contributed by atoms with Gasteiger partial charge in [-0.3, -0.25) is 4.98 Å². The van der Waals surface area contributed by atoms with Crippen LogP contribution >= 0.6 is 0 Å². The van der Waals surface area contributed by atoms with Crippen LogP contribution in [0.25, 0.3) is 0 Å². The summed E-state index contributed by atoms with van der Waals surface area (Å²) in [5.74, 6) is 0. The highest BCUT2D eigenvalue weighted by atomic mass is 32.2. The van der Waals surface area contributed by atoms with Crippen LogP contribution in [0.3, 0.4) is 0 Å². The Labute approximate surface area is 159 Å². The minimum atomic E-state index is -3.48. The Morgan fingerprint density at radius 3 is 1.96 bits per heavy atom. The fourth-order valence-corrected chi connectivity index (χ4v) is 4.65. The number of fused-ring (bicyclic) bond motifs is 1. The average molecular weight is 379 g/mol. The molecule has 0 saturated heterocycles. The van der Waals surface area contributed by atoms with E-state index >= 15 is 0 Å². The molecular weight excluding hydrogens is 358 g/mol. The number of hydrogen-bond acceptors (Lipinski definition) is 4. The second-order valence-electron chi connectivity index (χ2n) is 6.64. The molecule has 27 heavy (non-hydrogen) atoms. The second-order valence-corrected chi connectivity index (χ2v) is 8.58. The number of pyridine rings is 1. The van der Waals surface area contributed by atoms with Crippen molar-refractivity contribution in [2.45, 2.75) is 31.1 Å². The highest BCUT2D eigenvalue weighted by Crippen LogP contribution is 2.28. The number of sulfonamides is 1. The van der Waals surface area contributed by atoms with Gasteiger partial charge in [0.2, 0.25) is 10.0 Å². The molecule has 0 fully saturated rings. The maximum absolute atomic E-state index is 12.9. The fraction of sp³-hybridized carbons (Fsp3) is 0.190. The van der Waals surface area contributed by atoms with Gasteiger partial charge in [-0.05, 0) is 46.5 Å². The molecule has 0 amide bonds. The maximum Gasteiger partial charge on any atom is 0.243 e. The zero-order valence-electron chi connectivity index (χ0n) is 14.9. The van der Waals surface area contributed by atoms with Crippen molar-refractivity contribution < 1.29 is 8.42 Å². The summed E-state index contributed by atoms with van der Waals surface area (Å²) in [6.45, 7) is 2.30. The van der Waals surface area contributed by atoms with Gasteiger partial charge in [-0.1, -0.05) is 36.4 Å². The Hall–Kier alpha value is -2.54. The number of nitrogens with zero attached hydrogens (tertiary/aromatic N) is 2. The monoisotopic (exact) mass is 379 g/mol. The van der Waals surface area contributed by atoms with E-state index in [-0.39, 0.29) is 0 Å². The molecule has 1 N–H and O–H groups in total. The van der Waals surface area contributed by atoms with Crippen LogP contribution in [0.1, 0.15) is 22.3 Å². The number of aromatic nitrogens is 1. The van der Waals surface area contributed by atoms with E-state index in [1.807, 2.05) is 48.5 Å². The van der Waals surface area contributed by atoms with Gasteiger partial charge in [0.05, 0.1) is 4.90 Å². The van der Waals surface area contributed by atoms with E-state index in [4.69, 9.17) is 0 Å². The first-order valence-electron chi connectivity index (χ1n) is 8.88. The second kappa shape index (κ2) is 7.60. The van der Waals surface area contributed by atoms with Crippen molar-refractivity contribution in [2.75, 3.05) is 0 Å². The summed E-state index contributed by atoms with van der Waals surface area (Å²) in [6, 6.07) is 18.9. The summed E-state index contributed by atoms with van der Waals surface area (Å²) in [4.78, 5) is 4.34. The third kappa shape index (κ3) is 3.93. The molecule has 5 nitrogen and oxygen atoms in total. The smallest absolute Gasteiger partial charge is 0.243 e. The average Bonchev–Trinajstić information content (AvgIpc) is 3.14. The Balaban J connectivity index is 1.40. The Bertz CT molecular complexity index is 994. The van der Waals surface area contributed by atoms with Crippen LogP contribution in [-0.4, -0.2) is 17.7 Å². The largest absolute Gasteiger partial charge is 0.309 e. The number of benzene rings is 2. The normalized spacial score (nSPS) is 14.2. The molecule has 0 atom stereocenters. The number of nitrogens with one attached hydrogen (secondary N) is 1. The van der Waals surface area contributed by atoms with E-state index in [1.54, 1.807) is 24.5 Å². The van der Waals surface area contributed by atoms with Crippen molar-refractivity contribution in [3.63, 3.8) is 0 Å². The topological polar surface area (TPSA) is 62.3 Å². The highest BCUT2D eigenvalue weighted by molar-refractivity contribution is 7.89. The van der Waals surface area contributed by atoms with E-state index in [0.717, 1.165) is 28.8 Å². The Kier molecular flexibility index (Phi) is 5.03.